The van der Waals surface area contributed by atoms with Crippen LogP contribution in [0.3, 0.4) is 0 Å². The predicted octanol–water partition coefficient (Wildman–Crippen LogP) is 4.53. The first-order chi connectivity index (χ1) is 9.36. The fourth-order valence-corrected chi connectivity index (χ4v) is 3.33. The van der Waals surface area contributed by atoms with E-state index >= 15 is 0 Å². The number of rotatable bonds is 3. The van der Waals surface area contributed by atoms with Gasteiger partial charge in [0.15, 0.2) is 0 Å². The van der Waals surface area contributed by atoms with E-state index < -0.39 is 12.1 Å². The van der Waals surface area contributed by atoms with Crippen molar-refractivity contribution in [1.29, 1.82) is 0 Å². The van der Waals surface area contributed by atoms with Crippen molar-refractivity contribution in [1.82, 2.24) is 0 Å². The summed E-state index contributed by atoms with van der Waals surface area (Å²) >= 11 is 2.23. The highest BCUT2D eigenvalue weighted by atomic mass is 127. The second kappa shape index (κ2) is 6.64. The molecular weight excluding hydrogens is 378 g/mol. The van der Waals surface area contributed by atoms with Crippen LogP contribution in [0.2, 0.25) is 0 Å². The summed E-state index contributed by atoms with van der Waals surface area (Å²) in [5.74, 6) is -1.18. The average Bonchev–Trinajstić information content (AvgIpc) is 2.40. The molecule has 1 nitrogen and oxygen atoms in total. The zero-order valence-electron chi connectivity index (χ0n) is 11.2. The summed E-state index contributed by atoms with van der Waals surface area (Å²) in [6, 6.07) is 7.83. The zero-order valence-corrected chi connectivity index (χ0v) is 13.3. The maximum Gasteiger partial charge on any atom is 0.391 e. The Kier molecular flexibility index (Phi) is 5.34. The Morgan fingerprint density at radius 2 is 1.85 bits per heavy atom. The molecule has 0 amide bonds. The minimum Gasteiger partial charge on any atom is -0.327 e. The van der Waals surface area contributed by atoms with Crippen molar-refractivity contribution in [3.63, 3.8) is 0 Å². The van der Waals surface area contributed by atoms with Crippen molar-refractivity contribution in [2.75, 3.05) is 0 Å². The number of hydrogen-bond donors (Lipinski definition) is 1. The number of alkyl halides is 3. The van der Waals surface area contributed by atoms with Gasteiger partial charge in [-0.2, -0.15) is 13.2 Å². The lowest BCUT2D eigenvalue weighted by molar-refractivity contribution is -0.186. The van der Waals surface area contributed by atoms with Gasteiger partial charge in [0.05, 0.1) is 5.92 Å². The second-order valence-corrected chi connectivity index (χ2v) is 6.91. The predicted molar refractivity (Wildman–Crippen MR) is 82.3 cm³/mol. The molecule has 0 aliphatic heterocycles. The third kappa shape index (κ3) is 4.35. The molecule has 0 spiro atoms. The van der Waals surface area contributed by atoms with Crippen LogP contribution in [-0.2, 0) is 6.42 Å². The Labute approximate surface area is 131 Å². The molecule has 1 aromatic rings. The molecule has 112 valence electrons. The first-order valence-electron chi connectivity index (χ1n) is 6.93. The lowest BCUT2D eigenvalue weighted by atomic mass is 9.76. The highest BCUT2D eigenvalue weighted by Gasteiger charge is 2.43. The van der Waals surface area contributed by atoms with Crippen LogP contribution in [0.25, 0.3) is 0 Å². The number of nitrogens with two attached hydrogens (primary N) is 1. The van der Waals surface area contributed by atoms with Crippen LogP contribution in [0.15, 0.2) is 24.3 Å². The Balaban J connectivity index is 1.95. The van der Waals surface area contributed by atoms with Crippen molar-refractivity contribution < 1.29 is 13.2 Å². The molecule has 3 atom stereocenters. The minimum absolute atomic E-state index is 0.0188. The van der Waals surface area contributed by atoms with Crippen LogP contribution < -0.4 is 5.73 Å². The molecule has 1 aromatic carbocycles. The van der Waals surface area contributed by atoms with Crippen molar-refractivity contribution in [3.05, 3.63) is 33.4 Å². The lowest BCUT2D eigenvalue weighted by Crippen LogP contribution is -2.38. The third-order valence-corrected chi connectivity index (χ3v) is 4.89. The summed E-state index contributed by atoms with van der Waals surface area (Å²) in [6.45, 7) is 0. The summed E-state index contributed by atoms with van der Waals surface area (Å²) in [4.78, 5) is 0. The summed E-state index contributed by atoms with van der Waals surface area (Å²) < 4.78 is 39.6. The molecule has 1 aliphatic rings. The maximum atomic E-state index is 12.8. The molecule has 0 radical (unpaired) electrons. The molecule has 2 rings (SSSR count). The number of benzene rings is 1. The molecule has 3 unspecified atom stereocenters. The molecule has 0 aromatic heterocycles. The van der Waals surface area contributed by atoms with Crippen LogP contribution in [0.1, 0.15) is 31.2 Å². The van der Waals surface area contributed by atoms with Gasteiger partial charge in [-0.05, 0) is 71.9 Å². The van der Waals surface area contributed by atoms with Gasteiger partial charge in [0.2, 0.25) is 0 Å². The van der Waals surface area contributed by atoms with Crippen molar-refractivity contribution in [2.45, 2.75) is 44.3 Å². The van der Waals surface area contributed by atoms with Crippen LogP contribution in [-0.4, -0.2) is 12.2 Å². The Morgan fingerprint density at radius 3 is 2.45 bits per heavy atom. The van der Waals surface area contributed by atoms with E-state index in [4.69, 9.17) is 5.73 Å². The molecule has 1 fully saturated rings. The average molecular weight is 397 g/mol. The highest BCUT2D eigenvalue weighted by Crippen LogP contribution is 2.40. The van der Waals surface area contributed by atoms with Crippen LogP contribution in [0.5, 0.6) is 0 Å². The van der Waals surface area contributed by atoms with Gasteiger partial charge in [-0.25, -0.2) is 0 Å². The number of halogens is 4. The lowest BCUT2D eigenvalue weighted by Gasteiger charge is -2.33. The van der Waals surface area contributed by atoms with E-state index in [0.29, 0.717) is 12.8 Å². The first-order valence-corrected chi connectivity index (χ1v) is 8.01. The zero-order chi connectivity index (χ0) is 14.8. The van der Waals surface area contributed by atoms with Gasteiger partial charge >= 0.3 is 6.18 Å². The van der Waals surface area contributed by atoms with Gasteiger partial charge < -0.3 is 5.73 Å². The van der Waals surface area contributed by atoms with Gasteiger partial charge in [0.1, 0.15) is 0 Å². The molecule has 0 bridgehead atoms. The van der Waals surface area contributed by atoms with E-state index in [-0.39, 0.29) is 24.8 Å². The van der Waals surface area contributed by atoms with Gasteiger partial charge in [-0.1, -0.05) is 18.6 Å². The molecule has 2 N–H and O–H groups in total. The van der Waals surface area contributed by atoms with Gasteiger partial charge in [-0.15, -0.1) is 0 Å². The summed E-state index contributed by atoms with van der Waals surface area (Å²) in [5.41, 5.74) is 7.26. The maximum absolute atomic E-state index is 12.8. The van der Waals surface area contributed by atoms with E-state index in [1.165, 1.54) is 0 Å². The Bertz CT molecular complexity index is 430. The largest absolute Gasteiger partial charge is 0.391 e. The van der Waals surface area contributed by atoms with Gasteiger partial charge in [0.25, 0.3) is 0 Å². The molecule has 1 aliphatic carbocycles. The monoisotopic (exact) mass is 397 g/mol. The fraction of sp³-hybridized carbons (Fsp3) is 0.600. The van der Waals surface area contributed by atoms with Gasteiger partial charge in [0, 0.05) is 9.61 Å². The molecule has 20 heavy (non-hydrogen) atoms. The Hall–Kier alpha value is -0.300. The normalized spacial score (nSPS) is 25.4. The molecular formula is C15H19F3IN. The first kappa shape index (κ1) is 16.1. The van der Waals surface area contributed by atoms with Crippen molar-refractivity contribution in [2.24, 2.45) is 17.6 Å². The topological polar surface area (TPSA) is 26.0 Å². The summed E-state index contributed by atoms with van der Waals surface area (Å²) in [7, 11) is 0. The van der Waals surface area contributed by atoms with Crippen molar-refractivity contribution in [3.8, 4) is 0 Å². The third-order valence-electron chi connectivity index (χ3n) is 4.17. The van der Waals surface area contributed by atoms with Crippen LogP contribution in [0, 0.1) is 15.4 Å². The van der Waals surface area contributed by atoms with E-state index in [1.54, 1.807) is 0 Å². The smallest absolute Gasteiger partial charge is 0.327 e. The van der Waals surface area contributed by atoms with E-state index in [9.17, 15) is 13.2 Å². The standard InChI is InChI=1S/C15H19F3IN/c16-15(17,18)12-3-1-2-11(9-12)14(20)8-10-4-6-13(19)7-5-10/h4-7,11-12,14H,1-3,8-9,20H2. The van der Waals surface area contributed by atoms with Crippen molar-refractivity contribution >= 4 is 22.6 Å². The van der Waals surface area contributed by atoms with Gasteiger partial charge in [-0.3, -0.25) is 0 Å². The highest BCUT2D eigenvalue weighted by molar-refractivity contribution is 14.1. The quantitative estimate of drug-likeness (QED) is 0.746. The summed E-state index contributed by atoms with van der Waals surface area (Å²) in [6.07, 6.45) is -1.51. The summed E-state index contributed by atoms with van der Waals surface area (Å²) in [5, 5.41) is 0. The molecule has 5 heteroatoms. The van der Waals surface area contributed by atoms with E-state index in [0.717, 1.165) is 15.6 Å². The second-order valence-electron chi connectivity index (χ2n) is 5.66. The number of hydrogen-bond acceptors (Lipinski definition) is 1. The van der Waals surface area contributed by atoms with E-state index in [1.807, 2.05) is 24.3 Å². The van der Waals surface area contributed by atoms with E-state index in [2.05, 4.69) is 22.6 Å². The Morgan fingerprint density at radius 1 is 1.20 bits per heavy atom. The van der Waals surface area contributed by atoms with Crippen LogP contribution >= 0.6 is 22.6 Å². The molecule has 0 saturated heterocycles. The fourth-order valence-electron chi connectivity index (χ4n) is 2.97. The minimum atomic E-state index is -4.07. The molecule has 1 saturated carbocycles. The van der Waals surface area contributed by atoms with Crippen LogP contribution in [0.4, 0.5) is 13.2 Å². The SMILES string of the molecule is NC(Cc1ccc(I)cc1)C1CCCC(C(F)(F)F)C1. The molecule has 0 heterocycles.